The molecule has 2 aromatic heterocycles. The number of rotatable bonds is 4. The summed E-state index contributed by atoms with van der Waals surface area (Å²) in [7, 11) is 0. The Morgan fingerprint density at radius 3 is 2.76 bits per heavy atom. The smallest absolute Gasteiger partial charge is 0.282 e. The maximum absolute atomic E-state index is 13.1. The lowest BCUT2D eigenvalue weighted by molar-refractivity contribution is -0.0266. The lowest BCUT2D eigenvalue weighted by Crippen LogP contribution is -2.56. The summed E-state index contributed by atoms with van der Waals surface area (Å²) in [5.74, 6) is -1.24. The van der Waals surface area contributed by atoms with Crippen LogP contribution in [-0.4, -0.2) is 40.3 Å². The van der Waals surface area contributed by atoms with Gasteiger partial charge in [0.1, 0.15) is 17.3 Å². The molecule has 5 nitrogen and oxygen atoms in total. The van der Waals surface area contributed by atoms with Gasteiger partial charge in [-0.25, -0.2) is 13.8 Å². The van der Waals surface area contributed by atoms with Gasteiger partial charge >= 0.3 is 0 Å². The van der Waals surface area contributed by atoms with E-state index in [1.165, 1.54) is 0 Å². The van der Waals surface area contributed by atoms with Crippen LogP contribution < -0.4 is 9.64 Å². The predicted octanol–water partition coefficient (Wildman–Crippen LogP) is 3.62. The van der Waals surface area contributed by atoms with Crippen molar-refractivity contribution >= 4 is 16.7 Å². The van der Waals surface area contributed by atoms with Crippen molar-refractivity contribution in [2.75, 3.05) is 18.0 Å². The van der Waals surface area contributed by atoms with Crippen molar-refractivity contribution in [2.45, 2.75) is 24.9 Å². The Balaban J connectivity index is 1.50. The summed E-state index contributed by atoms with van der Waals surface area (Å²) in [6.45, 7) is -0.575. The largest absolute Gasteiger partial charge is 0.490 e. The van der Waals surface area contributed by atoms with Crippen molar-refractivity contribution in [3.63, 3.8) is 0 Å². The van der Waals surface area contributed by atoms with Crippen LogP contribution in [0.5, 0.6) is 5.75 Å². The zero-order valence-electron chi connectivity index (χ0n) is 13.4. The van der Waals surface area contributed by atoms with Gasteiger partial charge in [0.25, 0.3) is 5.92 Å². The van der Waals surface area contributed by atoms with E-state index in [2.05, 4.69) is 15.2 Å². The molecule has 1 aliphatic heterocycles. The van der Waals surface area contributed by atoms with Gasteiger partial charge in [-0.2, -0.15) is 5.10 Å². The van der Waals surface area contributed by atoms with E-state index in [0.29, 0.717) is 11.9 Å². The number of ether oxygens (including phenoxy) is 1. The summed E-state index contributed by atoms with van der Waals surface area (Å²) in [6.07, 6.45) is 4.16. The number of hydrogen-bond acceptors (Lipinski definition) is 4. The van der Waals surface area contributed by atoms with Gasteiger partial charge in [-0.1, -0.05) is 0 Å². The van der Waals surface area contributed by atoms with Crippen LogP contribution in [0.4, 0.5) is 14.6 Å². The summed E-state index contributed by atoms with van der Waals surface area (Å²) < 4.78 is 32.1. The molecular formula is C18H16F2N4O. The van der Waals surface area contributed by atoms with Crippen LogP contribution in [0.2, 0.25) is 0 Å². The third kappa shape index (κ3) is 2.69. The molecule has 0 amide bonds. The molecule has 1 saturated carbocycles. The number of halogens is 2. The lowest BCUT2D eigenvalue weighted by atomic mass is 10.1. The molecule has 3 aromatic rings. The van der Waals surface area contributed by atoms with Crippen LogP contribution in [0, 0.1) is 0 Å². The number of nitrogens with one attached hydrogen (secondary N) is 1. The first-order chi connectivity index (χ1) is 12.1. The number of aromatic amines is 1. The molecule has 25 heavy (non-hydrogen) atoms. The first-order valence-electron chi connectivity index (χ1n) is 8.31. The standard InChI is InChI=1S/C18H16F2N4O/c19-18(20)9-24(10-18)16-7-11(5-6-21-16)17-14-8-13(25-12-1-2-12)3-4-15(14)22-23-17/h3-8,12H,1-2,9-10H2,(H,22,23). The predicted molar refractivity (Wildman–Crippen MR) is 90.1 cm³/mol. The van der Waals surface area contributed by atoms with E-state index in [-0.39, 0.29) is 13.1 Å². The van der Waals surface area contributed by atoms with Gasteiger partial charge in [0.15, 0.2) is 0 Å². The Labute approximate surface area is 142 Å². The van der Waals surface area contributed by atoms with Gasteiger partial charge < -0.3 is 9.64 Å². The molecule has 1 aliphatic carbocycles. The normalized spacial score (nSPS) is 19.0. The molecule has 0 spiro atoms. The quantitative estimate of drug-likeness (QED) is 0.787. The van der Waals surface area contributed by atoms with Crippen molar-refractivity contribution in [2.24, 2.45) is 0 Å². The van der Waals surface area contributed by atoms with Gasteiger partial charge in [0.05, 0.1) is 24.7 Å². The van der Waals surface area contributed by atoms with E-state index in [4.69, 9.17) is 4.74 Å². The molecule has 1 saturated heterocycles. The second-order valence-corrected chi connectivity index (χ2v) is 6.71. The van der Waals surface area contributed by atoms with E-state index in [1.54, 1.807) is 17.2 Å². The summed E-state index contributed by atoms with van der Waals surface area (Å²) in [6, 6.07) is 9.50. The fourth-order valence-corrected chi connectivity index (χ4v) is 3.08. The number of nitrogens with zero attached hydrogens (tertiary/aromatic N) is 3. The number of benzene rings is 1. The maximum Gasteiger partial charge on any atom is 0.282 e. The number of anilines is 1. The van der Waals surface area contributed by atoms with E-state index < -0.39 is 5.92 Å². The number of alkyl halides is 2. The number of pyridine rings is 1. The van der Waals surface area contributed by atoms with Crippen molar-refractivity contribution in [3.05, 3.63) is 36.5 Å². The van der Waals surface area contributed by atoms with Crippen LogP contribution in [0.1, 0.15) is 12.8 Å². The van der Waals surface area contributed by atoms with E-state index in [0.717, 1.165) is 40.8 Å². The van der Waals surface area contributed by atoms with Crippen molar-refractivity contribution in [3.8, 4) is 17.0 Å². The van der Waals surface area contributed by atoms with Crippen LogP contribution in [-0.2, 0) is 0 Å². The second kappa shape index (κ2) is 5.15. The summed E-state index contributed by atoms with van der Waals surface area (Å²) in [5, 5.41) is 8.36. The Hall–Kier alpha value is -2.70. The fourth-order valence-electron chi connectivity index (χ4n) is 3.08. The molecule has 1 N–H and O–H groups in total. The molecule has 7 heteroatoms. The maximum atomic E-state index is 13.1. The van der Waals surface area contributed by atoms with Crippen LogP contribution in [0.25, 0.3) is 22.2 Å². The first kappa shape index (κ1) is 14.6. The van der Waals surface area contributed by atoms with Crippen LogP contribution in [0.3, 0.4) is 0 Å². The Morgan fingerprint density at radius 1 is 1.16 bits per heavy atom. The molecule has 0 atom stereocenters. The van der Waals surface area contributed by atoms with Crippen molar-refractivity contribution < 1.29 is 13.5 Å². The van der Waals surface area contributed by atoms with Gasteiger partial charge in [0, 0.05) is 17.1 Å². The minimum atomic E-state index is -2.62. The minimum Gasteiger partial charge on any atom is -0.490 e. The van der Waals surface area contributed by atoms with Crippen LogP contribution >= 0.6 is 0 Å². The monoisotopic (exact) mass is 342 g/mol. The van der Waals surface area contributed by atoms with Gasteiger partial charge in [-0.3, -0.25) is 5.10 Å². The van der Waals surface area contributed by atoms with Gasteiger partial charge in [0.2, 0.25) is 0 Å². The van der Waals surface area contributed by atoms with Crippen LogP contribution in [0.15, 0.2) is 36.5 Å². The first-order valence-corrected chi connectivity index (χ1v) is 8.31. The van der Waals surface area contributed by atoms with Gasteiger partial charge in [-0.05, 0) is 43.2 Å². The zero-order chi connectivity index (χ0) is 17.0. The molecule has 0 unspecified atom stereocenters. The number of H-pyrrole nitrogens is 1. The Morgan fingerprint density at radius 2 is 2.00 bits per heavy atom. The number of aromatic nitrogens is 3. The summed E-state index contributed by atoms with van der Waals surface area (Å²) in [5.41, 5.74) is 2.52. The summed E-state index contributed by atoms with van der Waals surface area (Å²) >= 11 is 0. The fraction of sp³-hybridized carbons (Fsp3) is 0.333. The molecule has 5 rings (SSSR count). The highest BCUT2D eigenvalue weighted by atomic mass is 19.3. The van der Waals surface area contributed by atoms with Crippen molar-refractivity contribution in [1.82, 2.24) is 15.2 Å². The molecule has 2 fully saturated rings. The minimum absolute atomic E-state index is 0.288. The van der Waals surface area contributed by atoms with E-state index in [9.17, 15) is 8.78 Å². The third-order valence-electron chi connectivity index (χ3n) is 4.55. The molecule has 2 aliphatic rings. The number of hydrogen-bond donors (Lipinski definition) is 1. The Kier molecular flexibility index (Phi) is 3.01. The molecule has 0 radical (unpaired) electrons. The van der Waals surface area contributed by atoms with E-state index in [1.807, 2.05) is 24.3 Å². The lowest BCUT2D eigenvalue weighted by Gasteiger charge is -2.39. The summed E-state index contributed by atoms with van der Waals surface area (Å²) in [4.78, 5) is 5.78. The number of fused-ring (bicyclic) bond motifs is 1. The molecule has 1 aromatic carbocycles. The molecular weight excluding hydrogens is 326 g/mol. The highest BCUT2D eigenvalue weighted by molar-refractivity contribution is 5.94. The van der Waals surface area contributed by atoms with Crippen molar-refractivity contribution in [1.29, 1.82) is 0 Å². The highest BCUT2D eigenvalue weighted by Gasteiger charge is 2.44. The zero-order valence-corrected chi connectivity index (χ0v) is 13.4. The molecule has 128 valence electrons. The SMILES string of the molecule is FC1(F)CN(c2cc(-c3n[nH]c4ccc(OC5CC5)cc34)ccn2)C1. The Bertz CT molecular complexity index is 943. The molecule has 3 heterocycles. The third-order valence-corrected chi connectivity index (χ3v) is 4.55. The highest BCUT2D eigenvalue weighted by Crippen LogP contribution is 2.35. The average Bonchev–Trinajstić information content (AvgIpc) is 3.29. The second-order valence-electron chi connectivity index (χ2n) is 6.71. The van der Waals surface area contributed by atoms with E-state index >= 15 is 0 Å². The van der Waals surface area contributed by atoms with Gasteiger partial charge in [-0.15, -0.1) is 0 Å². The topological polar surface area (TPSA) is 54.0 Å². The average molecular weight is 342 g/mol. The molecule has 0 bridgehead atoms.